The highest BCUT2D eigenvalue weighted by Crippen LogP contribution is 2.16. The third kappa shape index (κ3) is 4.78. The molecule has 0 saturated carbocycles. The minimum absolute atomic E-state index is 0.000306. The number of rotatable bonds is 5. The van der Waals surface area contributed by atoms with Gasteiger partial charge in [-0.15, -0.1) is 0 Å². The number of likely N-dealkylation sites (tertiary alicyclic amines) is 1. The van der Waals surface area contributed by atoms with Crippen LogP contribution in [0, 0.1) is 0 Å². The molecule has 7 nitrogen and oxygen atoms in total. The van der Waals surface area contributed by atoms with Crippen molar-refractivity contribution < 1.29 is 14.0 Å². The van der Waals surface area contributed by atoms with Gasteiger partial charge in [0.25, 0.3) is 11.8 Å². The van der Waals surface area contributed by atoms with E-state index in [0.717, 1.165) is 25.7 Å². The average molecular weight is 399 g/mol. The van der Waals surface area contributed by atoms with E-state index < -0.39 is 17.4 Å². The summed E-state index contributed by atoms with van der Waals surface area (Å²) >= 11 is 0. The molecule has 3 heterocycles. The summed E-state index contributed by atoms with van der Waals surface area (Å²) in [6.45, 7) is 6.96. The molecule has 3 rings (SSSR count). The molecule has 0 bridgehead atoms. The predicted molar refractivity (Wildman–Crippen MR) is 110 cm³/mol. The Hall–Kier alpha value is -2.83. The Balaban J connectivity index is 1.93. The maximum atomic E-state index is 13.1. The lowest BCUT2D eigenvalue weighted by atomic mass is 10.1. The van der Waals surface area contributed by atoms with Gasteiger partial charge in [0, 0.05) is 31.5 Å². The summed E-state index contributed by atoms with van der Waals surface area (Å²) in [6.07, 6.45) is 8.68. The van der Waals surface area contributed by atoms with Crippen LogP contribution in [0.4, 0.5) is 0 Å². The quantitative estimate of drug-likeness (QED) is 0.834. The van der Waals surface area contributed by atoms with Crippen LogP contribution in [0.25, 0.3) is 0 Å². The molecule has 2 aromatic heterocycles. The number of carbonyl (C=O) groups excluding carboxylic acids is 2. The summed E-state index contributed by atoms with van der Waals surface area (Å²) < 4.78 is 7.07. The summed E-state index contributed by atoms with van der Waals surface area (Å²) in [7, 11) is 0. The van der Waals surface area contributed by atoms with Crippen LogP contribution in [-0.2, 0) is 0 Å². The van der Waals surface area contributed by atoms with Crippen molar-refractivity contribution in [3.05, 3.63) is 57.9 Å². The van der Waals surface area contributed by atoms with E-state index in [4.69, 9.17) is 4.42 Å². The fourth-order valence-electron chi connectivity index (χ4n) is 3.54. The molecule has 1 saturated heterocycles. The lowest BCUT2D eigenvalue weighted by molar-refractivity contribution is 0.0759. The lowest BCUT2D eigenvalue weighted by Crippen LogP contribution is -2.38. The molecular weight excluding hydrogens is 370 g/mol. The average Bonchev–Trinajstić information content (AvgIpc) is 3.10. The number of nitrogens with one attached hydrogen (secondary N) is 1. The largest absolute Gasteiger partial charge is 0.467 e. The van der Waals surface area contributed by atoms with Gasteiger partial charge in [0.2, 0.25) is 5.43 Å². The van der Waals surface area contributed by atoms with Gasteiger partial charge in [-0.1, -0.05) is 12.8 Å². The number of aromatic nitrogens is 1. The highest BCUT2D eigenvalue weighted by Gasteiger charge is 2.25. The molecule has 0 spiro atoms. The molecule has 1 aliphatic rings. The van der Waals surface area contributed by atoms with E-state index in [1.54, 1.807) is 34.7 Å². The topological polar surface area (TPSA) is 84.5 Å². The van der Waals surface area contributed by atoms with E-state index in [-0.39, 0.29) is 23.1 Å². The van der Waals surface area contributed by atoms with Crippen LogP contribution in [0.3, 0.4) is 0 Å². The molecule has 0 radical (unpaired) electrons. The van der Waals surface area contributed by atoms with Crippen molar-refractivity contribution in [1.82, 2.24) is 14.8 Å². The van der Waals surface area contributed by atoms with Gasteiger partial charge in [-0.05, 0) is 45.7 Å². The minimum Gasteiger partial charge on any atom is -0.467 e. The Morgan fingerprint density at radius 3 is 2.28 bits per heavy atom. The number of nitrogens with zero attached hydrogens (tertiary/aromatic N) is 2. The van der Waals surface area contributed by atoms with Crippen molar-refractivity contribution in [2.45, 2.75) is 58.5 Å². The zero-order valence-corrected chi connectivity index (χ0v) is 17.3. The molecule has 1 atom stereocenters. The standard InChI is InChI=1S/C22H29N3O4/c1-15(2)25-13-17(21(27)23-16(3)19-9-8-12-29-19)20(26)18(14-25)22(28)24-10-6-4-5-7-11-24/h8-9,12-16H,4-7,10-11H2,1-3H3,(H,23,27)/t16-/m1/s1. The van der Waals surface area contributed by atoms with Crippen molar-refractivity contribution in [2.75, 3.05) is 13.1 Å². The maximum Gasteiger partial charge on any atom is 0.259 e. The van der Waals surface area contributed by atoms with Gasteiger partial charge in [-0.25, -0.2) is 0 Å². The summed E-state index contributed by atoms with van der Waals surface area (Å²) in [5.41, 5.74) is -0.503. The van der Waals surface area contributed by atoms with Gasteiger partial charge in [0.15, 0.2) is 0 Å². The van der Waals surface area contributed by atoms with Crippen molar-refractivity contribution >= 4 is 11.8 Å². The first-order valence-corrected chi connectivity index (χ1v) is 10.3. The Labute approximate surface area is 170 Å². The molecule has 0 aliphatic carbocycles. The van der Waals surface area contributed by atoms with Crippen LogP contribution < -0.4 is 10.7 Å². The molecule has 29 heavy (non-hydrogen) atoms. The molecule has 0 unspecified atom stereocenters. The van der Waals surface area contributed by atoms with Crippen LogP contribution in [0.5, 0.6) is 0 Å². The van der Waals surface area contributed by atoms with E-state index in [9.17, 15) is 14.4 Å². The van der Waals surface area contributed by atoms with Crippen molar-refractivity contribution in [3.63, 3.8) is 0 Å². The van der Waals surface area contributed by atoms with Crippen LogP contribution in [0.1, 0.15) is 85.0 Å². The Morgan fingerprint density at radius 1 is 1.03 bits per heavy atom. The Bertz CT molecular complexity index is 907. The van der Waals surface area contributed by atoms with Crippen LogP contribution in [0.15, 0.2) is 40.0 Å². The second-order valence-electron chi connectivity index (χ2n) is 7.87. The van der Waals surface area contributed by atoms with Gasteiger partial charge in [0.05, 0.1) is 12.3 Å². The highest BCUT2D eigenvalue weighted by atomic mass is 16.3. The number of pyridine rings is 1. The van der Waals surface area contributed by atoms with E-state index >= 15 is 0 Å². The fourth-order valence-corrected chi connectivity index (χ4v) is 3.54. The predicted octanol–water partition coefficient (Wildman–Crippen LogP) is 3.53. The van der Waals surface area contributed by atoms with Gasteiger partial charge in [-0.2, -0.15) is 0 Å². The van der Waals surface area contributed by atoms with Gasteiger partial charge in [-0.3, -0.25) is 14.4 Å². The number of hydrogen-bond donors (Lipinski definition) is 1. The monoisotopic (exact) mass is 399 g/mol. The molecule has 7 heteroatoms. The molecule has 2 amide bonds. The third-order valence-corrected chi connectivity index (χ3v) is 5.33. The van der Waals surface area contributed by atoms with Gasteiger partial charge < -0.3 is 19.2 Å². The van der Waals surface area contributed by atoms with E-state index in [1.165, 1.54) is 12.5 Å². The second-order valence-corrected chi connectivity index (χ2v) is 7.87. The molecule has 1 fully saturated rings. The van der Waals surface area contributed by atoms with Crippen LogP contribution in [0.2, 0.25) is 0 Å². The summed E-state index contributed by atoms with van der Waals surface area (Å²) in [4.78, 5) is 40.8. The van der Waals surface area contributed by atoms with Crippen molar-refractivity contribution in [2.24, 2.45) is 0 Å². The zero-order valence-electron chi connectivity index (χ0n) is 17.3. The van der Waals surface area contributed by atoms with E-state index in [1.807, 2.05) is 13.8 Å². The number of amides is 2. The number of hydrogen-bond acceptors (Lipinski definition) is 4. The normalized spacial score (nSPS) is 15.8. The summed E-state index contributed by atoms with van der Waals surface area (Å²) in [6, 6.07) is 3.11. The van der Waals surface area contributed by atoms with Gasteiger partial charge >= 0.3 is 0 Å². The molecule has 156 valence electrons. The molecule has 1 N–H and O–H groups in total. The van der Waals surface area contributed by atoms with Crippen molar-refractivity contribution in [3.8, 4) is 0 Å². The molecular formula is C22H29N3O4. The third-order valence-electron chi connectivity index (χ3n) is 5.33. The lowest BCUT2D eigenvalue weighted by Gasteiger charge is -2.22. The SMILES string of the molecule is CC(C)n1cc(C(=O)N[C@H](C)c2ccco2)c(=O)c(C(=O)N2CCCCCC2)c1. The number of furan rings is 1. The first-order valence-electron chi connectivity index (χ1n) is 10.3. The minimum atomic E-state index is -0.528. The smallest absolute Gasteiger partial charge is 0.259 e. The molecule has 0 aromatic carbocycles. The Kier molecular flexibility index (Phi) is 6.56. The van der Waals surface area contributed by atoms with E-state index in [2.05, 4.69) is 5.32 Å². The first-order chi connectivity index (χ1) is 13.9. The summed E-state index contributed by atoms with van der Waals surface area (Å²) in [5.74, 6) is -0.210. The molecule has 2 aromatic rings. The Morgan fingerprint density at radius 2 is 1.69 bits per heavy atom. The second kappa shape index (κ2) is 9.11. The molecule has 1 aliphatic heterocycles. The zero-order chi connectivity index (χ0) is 21.0. The maximum absolute atomic E-state index is 13.1. The summed E-state index contributed by atoms with van der Waals surface area (Å²) in [5, 5.41) is 2.79. The van der Waals surface area contributed by atoms with Crippen molar-refractivity contribution in [1.29, 1.82) is 0 Å². The highest BCUT2D eigenvalue weighted by molar-refractivity contribution is 5.99. The first kappa shape index (κ1) is 20.9. The number of carbonyl (C=O) groups is 2. The van der Waals surface area contributed by atoms with Gasteiger partial charge in [0.1, 0.15) is 16.9 Å². The van der Waals surface area contributed by atoms with Crippen LogP contribution in [-0.4, -0.2) is 34.4 Å². The fraction of sp³-hybridized carbons (Fsp3) is 0.500. The van der Waals surface area contributed by atoms with Crippen LogP contribution >= 0.6 is 0 Å². The van der Waals surface area contributed by atoms with E-state index in [0.29, 0.717) is 18.8 Å².